The van der Waals surface area contributed by atoms with Gasteiger partial charge in [-0.25, -0.2) is 0 Å². The van der Waals surface area contributed by atoms with Crippen molar-refractivity contribution in [2.24, 2.45) is 5.73 Å². The summed E-state index contributed by atoms with van der Waals surface area (Å²) >= 11 is 0. The quantitative estimate of drug-likeness (QED) is 0.777. The Morgan fingerprint density at radius 3 is 2.41 bits per heavy atom. The molecule has 1 aliphatic rings. The lowest BCUT2D eigenvalue weighted by Crippen LogP contribution is -2.52. The second-order valence-electron chi connectivity index (χ2n) is 5.46. The normalized spacial score (nSPS) is 23.9. The van der Waals surface area contributed by atoms with Crippen molar-refractivity contribution in [3.8, 4) is 6.07 Å². The van der Waals surface area contributed by atoms with Gasteiger partial charge in [0, 0.05) is 32.2 Å². The Bertz CT molecular complexity index is 261. The predicted octanol–water partition coefficient (Wildman–Crippen LogP) is 1.03. The number of nitrogens with two attached hydrogens (primary N) is 1. The lowest BCUT2D eigenvalue weighted by Gasteiger charge is -2.39. The minimum Gasteiger partial charge on any atom is -0.314 e. The maximum atomic E-state index is 8.95. The fourth-order valence-corrected chi connectivity index (χ4v) is 2.53. The van der Waals surface area contributed by atoms with E-state index in [1.807, 2.05) is 6.92 Å². The van der Waals surface area contributed by atoms with Crippen molar-refractivity contribution < 1.29 is 0 Å². The van der Waals surface area contributed by atoms with Gasteiger partial charge < -0.3 is 10.6 Å². The third-order valence-electron chi connectivity index (χ3n) is 3.54. The van der Waals surface area contributed by atoms with Crippen LogP contribution in [0.15, 0.2) is 0 Å². The SMILES string of the molecule is CCCN1CCN(C(C)CC(C)(N)C#N)CC1. The first-order chi connectivity index (χ1) is 7.98. The topological polar surface area (TPSA) is 56.3 Å². The van der Waals surface area contributed by atoms with Crippen molar-refractivity contribution >= 4 is 0 Å². The van der Waals surface area contributed by atoms with E-state index in [9.17, 15) is 0 Å². The minimum atomic E-state index is -0.694. The van der Waals surface area contributed by atoms with Crippen LogP contribution in [0.2, 0.25) is 0 Å². The van der Waals surface area contributed by atoms with Crippen LogP contribution in [0.5, 0.6) is 0 Å². The monoisotopic (exact) mass is 238 g/mol. The molecule has 0 aromatic carbocycles. The summed E-state index contributed by atoms with van der Waals surface area (Å²) in [5, 5.41) is 8.95. The summed E-state index contributed by atoms with van der Waals surface area (Å²) in [6.07, 6.45) is 1.97. The zero-order valence-electron chi connectivity index (χ0n) is 11.4. The molecule has 0 aliphatic carbocycles. The molecular weight excluding hydrogens is 212 g/mol. The Balaban J connectivity index is 2.36. The van der Waals surface area contributed by atoms with E-state index in [-0.39, 0.29) is 0 Å². The number of hydrogen-bond acceptors (Lipinski definition) is 4. The van der Waals surface area contributed by atoms with Gasteiger partial charge in [-0.05, 0) is 33.2 Å². The first-order valence-corrected chi connectivity index (χ1v) is 6.65. The van der Waals surface area contributed by atoms with Crippen molar-refractivity contribution in [3.05, 3.63) is 0 Å². The third-order valence-corrected chi connectivity index (χ3v) is 3.54. The summed E-state index contributed by atoms with van der Waals surface area (Å²) in [5.74, 6) is 0. The molecule has 0 radical (unpaired) electrons. The van der Waals surface area contributed by atoms with Crippen molar-refractivity contribution in [2.45, 2.75) is 45.2 Å². The van der Waals surface area contributed by atoms with E-state index in [4.69, 9.17) is 11.0 Å². The first-order valence-electron chi connectivity index (χ1n) is 6.65. The third kappa shape index (κ3) is 4.63. The maximum absolute atomic E-state index is 8.95. The van der Waals surface area contributed by atoms with Crippen LogP contribution in [0.3, 0.4) is 0 Å². The fraction of sp³-hybridized carbons (Fsp3) is 0.923. The van der Waals surface area contributed by atoms with Gasteiger partial charge >= 0.3 is 0 Å². The Hall–Kier alpha value is -0.630. The summed E-state index contributed by atoms with van der Waals surface area (Å²) in [4.78, 5) is 4.96. The van der Waals surface area contributed by atoms with Gasteiger partial charge in [-0.15, -0.1) is 0 Å². The molecule has 1 saturated heterocycles. The van der Waals surface area contributed by atoms with Crippen molar-refractivity contribution in [3.63, 3.8) is 0 Å². The zero-order chi connectivity index (χ0) is 12.9. The molecule has 0 amide bonds. The molecule has 2 N–H and O–H groups in total. The van der Waals surface area contributed by atoms with Crippen molar-refractivity contribution in [1.82, 2.24) is 9.80 Å². The molecule has 0 saturated carbocycles. The molecule has 0 aromatic heterocycles. The zero-order valence-corrected chi connectivity index (χ0v) is 11.4. The number of rotatable bonds is 5. The summed E-state index contributed by atoms with van der Waals surface area (Å²) in [5.41, 5.74) is 5.21. The summed E-state index contributed by atoms with van der Waals surface area (Å²) in [7, 11) is 0. The van der Waals surface area contributed by atoms with E-state index in [0.717, 1.165) is 32.6 Å². The van der Waals surface area contributed by atoms with Gasteiger partial charge in [0.2, 0.25) is 0 Å². The fourth-order valence-electron chi connectivity index (χ4n) is 2.53. The minimum absolute atomic E-state index is 0.397. The molecule has 2 atom stereocenters. The van der Waals surface area contributed by atoms with Gasteiger partial charge in [0.05, 0.1) is 6.07 Å². The molecule has 0 bridgehead atoms. The van der Waals surface area contributed by atoms with E-state index >= 15 is 0 Å². The Morgan fingerprint density at radius 1 is 1.35 bits per heavy atom. The second kappa shape index (κ2) is 6.34. The number of piperazine rings is 1. The van der Waals surface area contributed by atoms with Crippen molar-refractivity contribution in [1.29, 1.82) is 5.26 Å². The molecule has 2 unspecified atom stereocenters. The Kier molecular flexibility index (Phi) is 5.38. The van der Waals surface area contributed by atoms with Crippen molar-refractivity contribution in [2.75, 3.05) is 32.7 Å². The highest BCUT2D eigenvalue weighted by atomic mass is 15.3. The van der Waals surface area contributed by atoms with Gasteiger partial charge in [-0.2, -0.15) is 5.26 Å². The average Bonchev–Trinajstić information content (AvgIpc) is 2.30. The highest BCUT2D eigenvalue weighted by Crippen LogP contribution is 2.15. The van der Waals surface area contributed by atoms with Crippen LogP contribution in [0.1, 0.15) is 33.6 Å². The molecule has 98 valence electrons. The smallest absolute Gasteiger partial charge is 0.102 e. The van der Waals surface area contributed by atoms with E-state index in [2.05, 4.69) is 29.7 Å². The highest BCUT2D eigenvalue weighted by molar-refractivity contribution is 5.03. The lowest BCUT2D eigenvalue weighted by molar-refractivity contribution is 0.0935. The number of nitrogens with zero attached hydrogens (tertiary/aromatic N) is 3. The van der Waals surface area contributed by atoms with Gasteiger partial charge in [-0.1, -0.05) is 6.92 Å². The van der Waals surface area contributed by atoms with Crippen LogP contribution >= 0.6 is 0 Å². The largest absolute Gasteiger partial charge is 0.314 e. The molecule has 1 aliphatic heterocycles. The van der Waals surface area contributed by atoms with E-state index in [0.29, 0.717) is 6.04 Å². The van der Waals surface area contributed by atoms with Gasteiger partial charge in [0.1, 0.15) is 5.54 Å². The average molecular weight is 238 g/mol. The van der Waals surface area contributed by atoms with E-state index in [1.165, 1.54) is 13.0 Å². The summed E-state index contributed by atoms with van der Waals surface area (Å²) in [6.45, 7) is 11.9. The highest BCUT2D eigenvalue weighted by Gasteiger charge is 2.26. The maximum Gasteiger partial charge on any atom is 0.102 e. The molecule has 1 heterocycles. The molecule has 4 heteroatoms. The van der Waals surface area contributed by atoms with Crippen LogP contribution in [0, 0.1) is 11.3 Å². The molecule has 0 aromatic rings. The predicted molar refractivity (Wildman–Crippen MR) is 70.6 cm³/mol. The van der Waals surface area contributed by atoms with Gasteiger partial charge in [0.15, 0.2) is 0 Å². The Morgan fingerprint density at radius 2 is 1.94 bits per heavy atom. The summed E-state index contributed by atoms with van der Waals surface area (Å²) in [6, 6.07) is 2.58. The number of hydrogen-bond donors (Lipinski definition) is 1. The molecule has 0 spiro atoms. The van der Waals surface area contributed by atoms with Crippen LogP contribution in [0.25, 0.3) is 0 Å². The van der Waals surface area contributed by atoms with Crippen LogP contribution in [0.4, 0.5) is 0 Å². The van der Waals surface area contributed by atoms with Crippen LogP contribution in [-0.2, 0) is 0 Å². The number of nitriles is 1. The van der Waals surface area contributed by atoms with E-state index in [1.54, 1.807) is 0 Å². The molecular formula is C13H26N4. The first kappa shape index (κ1) is 14.4. The van der Waals surface area contributed by atoms with Gasteiger partial charge in [-0.3, -0.25) is 4.90 Å². The summed E-state index contributed by atoms with van der Waals surface area (Å²) < 4.78 is 0. The Labute approximate surface area is 105 Å². The van der Waals surface area contributed by atoms with Crippen LogP contribution in [-0.4, -0.2) is 54.1 Å². The molecule has 4 nitrogen and oxygen atoms in total. The molecule has 1 fully saturated rings. The lowest BCUT2D eigenvalue weighted by atomic mass is 9.95. The standard InChI is InChI=1S/C13H26N4/c1-4-5-16-6-8-17(9-7-16)12(2)10-13(3,15)11-14/h12H,4-10,15H2,1-3H3. The van der Waals surface area contributed by atoms with Crippen LogP contribution < -0.4 is 5.73 Å². The van der Waals surface area contributed by atoms with E-state index < -0.39 is 5.54 Å². The molecule has 17 heavy (non-hydrogen) atoms. The molecule has 1 rings (SSSR count). The second-order valence-corrected chi connectivity index (χ2v) is 5.46. The van der Waals surface area contributed by atoms with Gasteiger partial charge in [0.25, 0.3) is 0 Å².